The topological polar surface area (TPSA) is 103 Å². The van der Waals surface area contributed by atoms with Crippen molar-refractivity contribution in [3.8, 4) is 28.3 Å². The molecular weight excluding hydrogens is 460 g/mol. The molecule has 0 atom stereocenters. The Kier molecular flexibility index (Phi) is 9.29. The van der Waals surface area contributed by atoms with Crippen molar-refractivity contribution in [1.82, 2.24) is 14.8 Å². The normalized spacial score (nSPS) is 10.7. The Balaban J connectivity index is 0.00000240. The third kappa shape index (κ3) is 6.84. The lowest BCUT2D eigenvalue weighted by Gasteiger charge is -2.09. The fraction of sp³-hybridized carbons (Fsp3) is 0.211. The molecule has 0 unspecified atom stereocenters. The van der Waals surface area contributed by atoms with E-state index in [-0.39, 0.29) is 36.3 Å². The maximum absolute atomic E-state index is 12.3. The maximum Gasteiger partial charge on any atom is 0.573 e. The number of benzene rings is 1. The van der Waals surface area contributed by atoms with Gasteiger partial charge in [0.25, 0.3) is 0 Å². The van der Waals surface area contributed by atoms with Gasteiger partial charge < -0.3 is 15.6 Å². The first-order valence-electron chi connectivity index (χ1n) is 8.60. The summed E-state index contributed by atoms with van der Waals surface area (Å²) in [4.78, 5) is 15.7. The number of pyridine rings is 1. The van der Waals surface area contributed by atoms with Crippen molar-refractivity contribution >= 4 is 30.8 Å². The van der Waals surface area contributed by atoms with Crippen LogP contribution >= 0.6 is 24.8 Å². The molecule has 3 N–H and O–H groups in total. The lowest BCUT2D eigenvalue weighted by Crippen LogP contribution is -2.16. The number of hydrogen-bond donors (Lipinski definition) is 2. The standard InChI is InChI=1S/C19H17F3N4O3.2ClH/c20-19(21,22)29-14-4-2-12(3-5-14)15-10-13(6-8-24-15)16-11-17(18(27)28)26(25-16)9-1-7-23;;/h2-6,8,10-11H,1,7,9,23H2,(H,27,28);2*1H. The Morgan fingerprint density at radius 2 is 1.74 bits per heavy atom. The minimum absolute atomic E-state index is 0. The molecule has 0 radical (unpaired) electrons. The van der Waals surface area contributed by atoms with Crippen LogP contribution in [0.2, 0.25) is 0 Å². The Labute approximate surface area is 187 Å². The van der Waals surface area contributed by atoms with Gasteiger partial charge in [0.15, 0.2) is 0 Å². The van der Waals surface area contributed by atoms with Crippen LogP contribution < -0.4 is 10.5 Å². The van der Waals surface area contributed by atoms with Gasteiger partial charge in [-0.3, -0.25) is 9.67 Å². The summed E-state index contributed by atoms with van der Waals surface area (Å²) in [5.41, 5.74) is 7.66. The van der Waals surface area contributed by atoms with Crippen molar-refractivity contribution in [1.29, 1.82) is 0 Å². The average Bonchev–Trinajstić information content (AvgIpc) is 3.10. The van der Waals surface area contributed by atoms with Gasteiger partial charge in [-0.1, -0.05) is 0 Å². The van der Waals surface area contributed by atoms with Crippen LogP contribution in [0.25, 0.3) is 22.5 Å². The number of rotatable bonds is 7. The van der Waals surface area contributed by atoms with E-state index >= 15 is 0 Å². The number of carboxylic acid groups (broad SMARTS) is 1. The Morgan fingerprint density at radius 3 is 2.32 bits per heavy atom. The molecule has 0 saturated carbocycles. The average molecular weight is 479 g/mol. The molecule has 1 aromatic carbocycles. The van der Waals surface area contributed by atoms with Crippen LogP contribution in [0.1, 0.15) is 16.9 Å². The van der Waals surface area contributed by atoms with E-state index in [0.717, 1.165) is 0 Å². The van der Waals surface area contributed by atoms with Crippen molar-refractivity contribution in [3.05, 3.63) is 54.4 Å². The molecule has 168 valence electrons. The molecular formula is C19H19Cl2F3N4O3. The summed E-state index contributed by atoms with van der Waals surface area (Å²) >= 11 is 0. The second-order valence-corrected chi connectivity index (χ2v) is 6.09. The highest BCUT2D eigenvalue weighted by Crippen LogP contribution is 2.28. The van der Waals surface area contributed by atoms with Crippen LogP contribution in [0.5, 0.6) is 5.75 Å². The summed E-state index contributed by atoms with van der Waals surface area (Å²) in [5.74, 6) is -1.43. The van der Waals surface area contributed by atoms with E-state index in [4.69, 9.17) is 5.73 Å². The molecule has 31 heavy (non-hydrogen) atoms. The summed E-state index contributed by atoms with van der Waals surface area (Å²) in [6.07, 6.45) is -2.66. The van der Waals surface area contributed by atoms with Gasteiger partial charge in [-0.05, 0) is 55.4 Å². The number of aromatic nitrogens is 3. The summed E-state index contributed by atoms with van der Waals surface area (Å²) in [6, 6.07) is 10.1. The fourth-order valence-corrected chi connectivity index (χ4v) is 2.72. The molecule has 0 aliphatic heterocycles. The quantitative estimate of drug-likeness (QED) is 0.521. The SMILES string of the molecule is Cl.Cl.NCCCn1nc(-c2ccnc(-c3ccc(OC(F)(F)F)cc3)c2)cc1C(=O)O. The van der Waals surface area contributed by atoms with Gasteiger partial charge in [-0.25, -0.2) is 4.79 Å². The van der Waals surface area contributed by atoms with Gasteiger partial charge in [0, 0.05) is 23.9 Å². The molecule has 3 rings (SSSR count). The molecule has 12 heteroatoms. The maximum atomic E-state index is 12.3. The van der Waals surface area contributed by atoms with Gasteiger partial charge in [-0.2, -0.15) is 5.10 Å². The fourth-order valence-electron chi connectivity index (χ4n) is 2.72. The summed E-state index contributed by atoms with van der Waals surface area (Å²) in [5, 5.41) is 13.7. The van der Waals surface area contributed by atoms with Gasteiger partial charge in [0.1, 0.15) is 11.4 Å². The van der Waals surface area contributed by atoms with E-state index < -0.39 is 12.3 Å². The zero-order chi connectivity index (χ0) is 21.0. The Bertz CT molecular complexity index is 1010. The number of carboxylic acids is 1. The van der Waals surface area contributed by atoms with Crippen LogP contribution in [0.3, 0.4) is 0 Å². The predicted molar refractivity (Wildman–Crippen MR) is 113 cm³/mol. The number of alkyl halides is 3. The molecule has 0 aliphatic carbocycles. The molecule has 0 saturated heterocycles. The van der Waals surface area contributed by atoms with Crippen molar-refractivity contribution in [3.63, 3.8) is 0 Å². The highest BCUT2D eigenvalue weighted by atomic mass is 35.5. The van der Waals surface area contributed by atoms with Crippen molar-refractivity contribution in [2.45, 2.75) is 19.3 Å². The third-order valence-corrected chi connectivity index (χ3v) is 4.01. The molecule has 3 aromatic rings. The van der Waals surface area contributed by atoms with E-state index in [9.17, 15) is 23.1 Å². The first-order valence-corrected chi connectivity index (χ1v) is 8.60. The monoisotopic (exact) mass is 478 g/mol. The minimum atomic E-state index is -4.76. The molecule has 0 aliphatic rings. The molecule has 0 amide bonds. The number of nitrogens with zero attached hydrogens (tertiary/aromatic N) is 3. The summed E-state index contributed by atoms with van der Waals surface area (Å²) in [7, 11) is 0. The Hall–Kier alpha value is -2.82. The van der Waals surface area contributed by atoms with E-state index in [1.165, 1.54) is 41.2 Å². The van der Waals surface area contributed by atoms with Crippen molar-refractivity contribution in [2.24, 2.45) is 5.73 Å². The smallest absolute Gasteiger partial charge is 0.477 e. The number of aryl methyl sites for hydroxylation is 1. The zero-order valence-electron chi connectivity index (χ0n) is 15.9. The molecule has 0 fully saturated rings. The second-order valence-electron chi connectivity index (χ2n) is 6.09. The van der Waals surface area contributed by atoms with Crippen LogP contribution in [-0.2, 0) is 6.54 Å². The van der Waals surface area contributed by atoms with E-state index in [1.54, 1.807) is 12.1 Å². The summed E-state index contributed by atoms with van der Waals surface area (Å²) in [6.45, 7) is 0.776. The largest absolute Gasteiger partial charge is 0.573 e. The summed E-state index contributed by atoms with van der Waals surface area (Å²) < 4.78 is 42.1. The molecule has 2 heterocycles. The number of carbonyl (C=O) groups is 1. The molecule has 0 bridgehead atoms. The number of nitrogens with two attached hydrogens (primary N) is 1. The van der Waals surface area contributed by atoms with Crippen LogP contribution in [0.4, 0.5) is 13.2 Å². The first-order chi connectivity index (χ1) is 13.8. The third-order valence-electron chi connectivity index (χ3n) is 4.01. The zero-order valence-corrected chi connectivity index (χ0v) is 17.5. The molecule has 0 spiro atoms. The number of ether oxygens (including phenoxy) is 1. The van der Waals surface area contributed by atoms with E-state index in [1.807, 2.05) is 0 Å². The van der Waals surface area contributed by atoms with Crippen molar-refractivity contribution < 1.29 is 27.8 Å². The van der Waals surface area contributed by atoms with Crippen LogP contribution in [0.15, 0.2) is 48.7 Å². The van der Waals surface area contributed by atoms with Crippen LogP contribution in [0, 0.1) is 0 Å². The van der Waals surface area contributed by atoms with E-state index in [0.29, 0.717) is 42.0 Å². The Morgan fingerprint density at radius 1 is 1.06 bits per heavy atom. The highest BCUT2D eigenvalue weighted by molar-refractivity contribution is 5.87. The second kappa shape index (κ2) is 11.0. The number of hydrogen-bond acceptors (Lipinski definition) is 5. The first kappa shape index (κ1) is 26.2. The highest BCUT2D eigenvalue weighted by Gasteiger charge is 2.31. The van der Waals surface area contributed by atoms with Gasteiger partial charge in [0.05, 0.1) is 11.4 Å². The van der Waals surface area contributed by atoms with Gasteiger partial charge in [0.2, 0.25) is 0 Å². The number of halogens is 5. The molecule has 2 aromatic heterocycles. The predicted octanol–water partition coefficient (Wildman–Crippen LogP) is 4.40. The van der Waals surface area contributed by atoms with Crippen LogP contribution in [-0.4, -0.2) is 38.7 Å². The lowest BCUT2D eigenvalue weighted by atomic mass is 10.1. The lowest BCUT2D eigenvalue weighted by molar-refractivity contribution is -0.274. The van der Waals surface area contributed by atoms with Gasteiger partial charge in [-0.15, -0.1) is 38.0 Å². The van der Waals surface area contributed by atoms with Gasteiger partial charge >= 0.3 is 12.3 Å². The minimum Gasteiger partial charge on any atom is -0.477 e. The molecule has 7 nitrogen and oxygen atoms in total. The number of aromatic carboxylic acids is 1. The van der Waals surface area contributed by atoms with Crippen molar-refractivity contribution in [2.75, 3.05) is 6.54 Å². The van der Waals surface area contributed by atoms with E-state index in [2.05, 4.69) is 14.8 Å².